The summed E-state index contributed by atoms with van der Waals surface area (Å²) in [6.07, 6.45) is 6.00. The number of ether oxygens (including phenoxy) is 1. The van der Waals surface area contributed by atoms with Crippen molar-refractivity contribution in [3.63, 3.8) is 0 Å². The molecule has 0 bridgehead atoms. The molecule has 0 atom stereocenters. The second-order valence-electron chi connectivity index (χ2n) is 4.86. The topological polar surface area (TPSA) is 63.9 Å². The van der Waals surface area contributed by atoms with Crippen molar-refractivity contribution in [1.82, 2.24) is 10.2 Å². The van der Waals surface area contributed by atoms with Gasteiger partial charge in [0.25, 0.3) is 0 Å². The molecule has 96 valence electrons. The highest BCUT2D eigenvalue weighted by Gasteiger charge is 2.21. The molecule has 0 radical (unpaired) electrons. The Kier molecular flexibility index (Phi) is 3.14. The molecule has 0 amide bonds. The van der Waals surface area contributed by atoms with Gasteiger partial charge >= 0.3 is 0 Å². The molecule has 1 heterocycles. The van der Waals surface area contributed by atoms with Gasteiger partial charge in [-0.25, -0.2) is 0 Å². The Bertz CT molecular complexity index is 546. The Morgan fingerprint density at radius 1 is 1.28 bits per heavy atom. The Morgan fingerprint density at radius 2 is 2.06 bits per heavy atom. The fraction of sp³-hybridized carbons (Fsp3) is 0.462. The van der Waals surface area contributed by atoms with Crippen molar-refractivity contribution < 1.29 is 4.74 Å². The Hall–Kier alpha value is -1.26. The number of fused-ring (bicyclic) bond motifs is 1. The van der Waals surface area contributed by atoms with Gasteiger partial charge in [-0.2, -0.15) is 5.10 Å². The van der Waals surface area contributed by atoms with Gasteiger partial charge in [-0.15, -0.1) is 0 Å². The Balaban J connectivity index is 1.80. The van der Waals surface area contributed by atoms with Gasteiger partial charge in [0, 0.05) is 11.4 Å². The molecule has 18 heavy (non-hydrogen) atoms. The lowest BCUT2D eigenvalue weighted by molar-refractivity contribution is 0.147. The van der Waals surface area contributed by atoms with E-state index in [0.29, 0.717) is 11.1 Å². The van der Waals surface area contributed by atoms with E-state index in [-0.39, 0.29) is 6.10 Å². The van der Waals surface area contributed by atoms with Crippen LogP contribution in [0, 0.1) is 0 Å². The molecule has 5 heteroatoms. The molecule has 2 aromatic rings. The van der Waals surface area contributed by atoms with Crippen LogP contribution in [0.2, 0.25) is 5.02 Å². The monoisotopic (exact) mass is 265 g/mol. The first-order valence-electron chi connectivity index (χ1n) is 6.28. The van der Waals surface area contributed by atoms with Crippen molar-refractivity contribution in [3.8, 4) is 5.75 Å². The van der Waals surface area contributed by atoms with E-state index in [4.69, 9.17) is 22.1 Å². The summed E-state index contributed by atoms with van der Waals surface area (Å²) in [7, 11) is 0. The van der Waals surface area contributed by atoms with E-state index in [9.17, 15) is 0 Å². The lowest BCUT2D eigenvalue weighted by Crippen LogP contribution is -2.31. The Labute approximate surface area is 110 Å². The SMILES string of the molecule is NC1CCC(Oc2ccc3[nH]ncc3c2Cl)CC1. The standard InChI is InChI=1S/C13H16ClN3O/c14-13-10-7-16-17-11(10)5-6-12(13)18-9-3-1-8(15)2-4-9/h5-9H,1-4,15H2,(H,16,17). The van der Waals surface area contributed by atoms with E-state index in [1.54, 1.807) is 6.20 Å². The fourth-order valence-corrected chi connectivity index (χ4v) is 2.70. The van der Waals surface area contributed by atoms with Crippen molar-refractivity contribution >= 4 is 22.5 Å². The maximum atomic E-state index is 6.32. The minimum atomic E-state index is 0.228. The normalized spacial score (nSPS) is 24.3. The molecule has 3 N–H and O–H groups in total. The first-order valence-corrected chi connectivity index (χ1v) is 6.65. The number of nitrogens with two attached hydrogens (primary N) is 1. The first kappa shape index (κ1) is 11.8. The number of aromatic amines is 1. The molecule has 4 nitrogen and oxygen atoms in total. The number of H-pyrrole nitrogens is 1. The molecule has 1 aromatic carbocycles. The minimum absolute atomic E-state index is 0.228. The van der Waals surface area contributed by atoms with Crippen LogP contribution in [0.5, 0.6) is 5.75 Å². The van der Waals surface area contributed by atoms with Crippen LogP contribution in [-0.4, -0.2) is 22.3 Å². The van der Waals surface area contributed by atoms with Crippen molar-refractivity contribution in [1.29, 1.82) is 0 Å². The third kappa shape index (κ3) is 2.18. The van der Waals surface area contributed by atoms with Crippen LogP contribution < -0.4 is 10.5 Å². The van der Waals surface area contributed by atoms with Crippen LogP contribution in [0.1, 0.15) is 25.7 Å². The number of aromatic nitrogens is 2. The van der Waals surface area contributed by atoms with E-state index in [1.165, 1.54) is 0 Å². The Morgan fingerprint density at radius 3 is 2.83 bits per heavy atom. The average Bonchev–Trinajstić information content (AvgIpc) is 2.84. The predicted molar refractivity (Wildman–Crippen MR) is 72.0 cm³/mol. The lowest BCUT2D eigenvalue weighted by atomic mass is 9.94. The van der Waals surface area contributed by atoms with Crippen LogP contribution >= 0.6 is 11.6 Å². The largest absolute Gasteiger partial charge is 0.489 e. The van der Waals surface area contributed by atoms with E-state index >= 15 is 0 Å². The first-order chi connectivity index (χ1) is 8.74. The third-order valence-corrected chi connectivity index (χ3v) is 3.93. The van der Waals surface area contributed by atoms with Gasteiger partial charge in [0.2, 0.25) is 0 Å². The lowest BCUT2D eigenvalue weighted by Gasteiger charge is -2.27. The third-order valence-electron chi connectivity index (χ3n) is 3.54. The van der Waals surface area contributed by atoms with Gasteiger partial charge in [0.05, 0.1) is 22.8 Å². The van der Waals surface area contributed by atoms with Gasteiger partial charge in [-0.05, 0) is 37.8 Å². The highest BCUT2D eigenvalue weighted by atomic mass is 35.5. The molecule has 1 saturated carbocycles. The molecule has 1 aromatic heterocycles. The number of halogens is 1. The van der Waals surface area contributed by atoms with Crippen molar-refractivity contribution in [3.05, 3.63) is 23.4 Å². The van der Waals surface area contributed by atoms with Crippen LogP contribution in [-0.2, 0) is 0 Å². The summed E-state index contributed by atoms with van der Waals surface area (Å²) in [5, 5.41) is 8.41. The second-order valence-corrected chi connectivity index (χ2v) is 5.24. The number of nitrogens with zero attached hydrogens (tertiary/aromatic N) is 1. The predicted octanol–water partition coefficient (Wildman–Crippen LogP) is 2.87. The summed E-state index contributed by atoms with van der Waals surface area (Å²) in [6.45, 7) is 0. The van der Waals surface area contributed by atoms with Crippen molar-refractivity contribution in [2.75, 3.05) is 0 Å². The van der Waals surface area contributed by atoms with E-state index in [0.717, 1.165) is 42.3 Å². The van der Waals surface area contributed by atoms with Crippen LogP contribution in [0.4, 0.5) is 0 Å². The molecule has 0 saturated heterocycles. The zero-order valence-electron chi connectivity index (χ0n) is 10.0. The summed E-state index contributed by atoms with van der Waals surface area (Å²) in [5.74, 6) is 0.742. The molecule has 0 spiro atoms. The molecule has 0 unspecified atom stereocenters. The smallest absolute Gasteiger partial charge is 0.139 e. The van der Waals surface area contributed by atoms with Crippen LogP contribution in [0.15, 0.2) is 18.3 Å². The summed E-state index contributed by atoms with van der Waals surface area (Å²) < 4.78 is 5.98. The summed E-state index contributed by atoms with van der Waals surface area (Å²) >= 11 is 6.32. The van der Waals surface area contributed by atoms with Crippen LogP contribution in [0.25, 0.3) is 10.9 Å². The number of hydrogen-bond acceptors (Lipinski definition) is 3. The summed E-state index contributed by atoms with van der Waals surface area (Å²) in [4.78, 5) is 0. The average molecular weight is 266 g/mol. The summed E-state index contributed by atoms with van der Waals surface area (Å²) in [6, 6.07) is 4.17. The number of benzene rings is 1. The van der Waals surface area contributed by atoms with Crippen LogP contribution in [0.3, 0.4) is 0 Å². The molecular weight excluding hydrogens is 250 g/mol. The number of nitrogens with one attached hydrogen (secondary N) is 1. The van der Waals surface area contributed by atoms with Gasteiger partial charge in [-0.1, -0.05) is 11.6 Å². The maximum Gasteiger partial charge on any atom is 0.139 e. The number of rotatable bonds is 2. The maximum absolute atomic E-state index is 6.32. The second kappa shape index (κ2) is 4.78. The fourth-order valence-electron chi connectivity index (χ4n) is 2.44. The summed E-state index contributed by atoms with van der Waals surface area (Å²) in [5.41, 5.74) is 6.82. The minimum Gasteiger partial charge on any atom is -0.489 e. The van der Waals surface area contributed by atoms with Crippen molar-refractivity contribution in [2.45, 2.75) is 37.8 Å². The molecule has 1 fully saturated rings. The van der Waals surface area contributed by atoms with Gasteiger partial charge in [0.15, 0.2) is 0 Å². The molecule has 1 aliphatic rings. The van der Waals surface area contributed by atoms with Gasteiger partial charge in [0.1, 0.15) is 5.75 Å². The molecular formula is C13H16ClN3O. The quantitative estimate of drug-likeness (QED) is 0.878. The molecule has 3 rings (SSSR count). The highest BCUT2D eigenvalue weighted by molar-refractivity contribution is 6.36. The van der Waals surface area contributed by atoms with Gasteiger partial charge in [-0.3, -0.25) is 5.10 Å². The molecule has 0 aliphatic heterocycles. The van der Waals surface area contributed by atoms with Crippen molar-refractivity contribution in [2.24, 2.45) is 5.73 Å². The molecule has 1 aliphatic carbocycles. The van der Waals surface area contributed by atoms with E-state index < -0.39 is 0 Å². The highest BCUT2D eigenvalue weighted by Crippen LogP contribution is 2.34. The zero-order valence-corrected chi connectivity index (χ0v) is 10.8. The van der Waals surface area contributed by atoms with Gasteiger partial charge < -0.3 is 10.5 Å². The van der Waals surface area contributed by atoms with E-state index in [2.05, 4.69) is 10.2 Å². The zero-order chi connectivity index (χ0) is 12.5. The number of hydrogen-bond donors (Lipinski definition) is 2. The van der Waals surface area contributed by atoms with E-state index in [1.807, 2.05) is 12.1 Å².